The zero-order valence-corrected chi connectivity index (χ0v) is 14.2. The van der Waals surface area contributed by atoms with E-state index in [9.17, 15) is 14.4 Å². The summed E-state index contributed by atoms with van der Waals surface area (Å²) in [7, 11) is 1.28. The number of carbonyl (C=O) groups is 3. The molecule has 2 rings (SSSR count). The molecule has 0 aromatic heterocycles. The van der Waals surface area contributed by atoms with E-state index in [2.05, 4.69) is 22.5 Å². The minimum absolute atomic E-state index is 0.0665. The first-order chi connectivity index (χ1) is 11.5. The van der Waals surface area contributed by atoms with Gasteiger partial charge in [0.2, 0.25) is 11.8 Å². The van der Waals surface area contributed by atoms with Crippen LogP contribution in [0.15, 0.2) is 12.8 Å². The zero-order valence-electron chi connectivity index (χ0n) is 14.2. The van der Waals surface area contributed by atoms with Gasteiger partial charge >= 0.3 is 5.97 Å². The van der Waals surface area contributed by atoms with Crippen LogP contribution in [0.3, 0.4) is 0 Å². The largest absolute Gasteiger partial charge is 0.467 e. The maximum atomic E-state index is 12.5. The van der Waals surface area contributed by atoms with Crippen LogP contribution >= 0.6 is 0 Å². The van der Waals surface area contributed by atoms with Crippen molar-refractivity contribution in [3.63, 3.8) is 0 Å². The SMILES string of the molecule is C=CN[C@@H](CC1CC1)C(=O)N[C@@H](C[C@@H]1CCCNC1=O)C(=O)OC. The molecule has 0 bridgehead atoms. The Labute approximate surface area is 142 Å². The van der Waals surface area contributed by atoms with E-state index in [1.54, 1.807) is 0 Å². The molecule has 1 aliphatic carbocycles. The molecule has 0 unspecified atom stereocenters. The Hall–Kier alpha value is -2.05. The molecule has 0 radical (unpaired) electrons. The second kappa shape index (κ2) is 8.70. The summed E-state index contributed by atoms with van der Waals surface area (Å²) in [5.74, 6) is -0.576. The monoisotopic (exact) mass is 337 g/mol. The standard InChI is InChI=1S/C17H27N3O4/c1-3-18-13(9-11-6-7-11)16(22)20-14(17(23)24-2)10-12-5-4-8-19-15(12)21/h3,11-14,18H,1,4-10H2,2H3,(H,19,21)(H,20,22)/t12-,13-,14-/m0/s1. The van der Waals surface area contributed by atoms with E-state index in [0.29, 0.717) is 18.9 Å². The van der Waals surface area contributed by atoms with Gasteiger partial charge in [0, 0.05) is 12.5 Å². The molecule has 24 heavy (non-hydrogen) atoms. The van der Waals surface area contributed by atoms with Gasteiger partial charge in [-0.3, -0.25) is 9.59 Å². The third-order valence-electron chi connectivity index (χ3n) is 4.62. The molecule has 0 aromatic rings. The predicted octanol–water partition coefficient (Wildman–Crippen LogP) is 0.462. The van der Waals surface area contributed by atoms with Gasteiger partial charge < -0.3 is 20.7 Å². The molecule has 7 nitrogen and oxygen atoms in total. The molecule has 1 saturated heterocycles. The fraction of sp³-hybridized carbons (Fsp3) is 0.706. The van der Waals surface area contributed by atoms with Crippen molar-refractivity contribution in [1.29, 1.82) is 0 Å². The average Bonchev–Trinajstić information content (AvgIpc) is 3.39. The van der Waals surface area contributed by atoms with Gasteiger partial charge in [-0.2, -0.15) is 0 Å². The van der Waals surface area contributed by atoms with Gasteiger partial charge in [-0.25, -0.2) is 4.79 Å². The van der Waals surface area contributed by atoms with E-state index < -0.39 is 18.1 Å². The molecular formula is C17H27N3O4. The number of methoxy groups -OCH3 is 1. The van der Waals surface area contributed by atoms with Crippen molar-refractivity contribution in [2.45, 2.75) is 50.6 Å². The number of rotatable bonds is 9. The first-order valence-corrected chi connectivity index (χ1v) is 8.58. The van der Waals surface area contributed by atoms with Crippen molar-refractivity contribution in [2.75, 3.05) is 13.7 Å². The van der Waals surface area contributed by atoms with Crippen LogP contribution < -0.4 is 16.0 Å². The Morgan fingerprint density at radius 2 is 2.08 bits per heavy atom. The molecule has 1 aliphatic heterocycles. The number of esters is 1. The van der Waals surface area contributed by atoms with Crippen LogP contribution in [0.1, 0.15) is 38.5 Å². The maximum Gasteiger partial charge on any atom is 0.328 e. The van der Waals surface area contributed by atoms with Crippen molar-refractivity contribution in [2.24, 2.45) is 11.8 Å². The quantitative estimate of drug-likeness (QED) is 0.531. The van der Waals surface area contributed by atoms with Gasteiger partial charge in [-0.1, -0.05) is 19.4 Å². The molecule has 0 aromatic carbocycles. The molecule has 0 spiro atoms. The lowest BCUT2D eigenvalue weighted by Gasteiger charge is -2.27. The molecule has 2 fully saturated rings. The van der Waals surface area contributed by atoms with E-state index in [0.717, 1.165) is 25.7 Å². The molecule has 2 aliphatic rings. The van der Waals surface area contributed by atoms with Crippen LogP contribution in [0, 0.1) is 11.8 Å². The second-order valence-electron chi connectivity index (χ2n) is 6.55. The summed E-state index contributed by atoms with van der Waals surface area (Å²) < 4.78 is 4.80. The van der Waals surface area contributed by atoms with Crippen molar-refractivity contribution < 1.29 is 19.1 Å². The minimum atomic E-state index is -0.815. The summed E-state index contributed by atoms with van der Waals surface area (Å²) in [6.07, 6.45) is 6.32. The normalized spacial score (nSPS) is 22.7. The highest BCUT2D eigenvalue weighted by molar-refractivity contribution is 5.88. The van der Waals surface area contributed by atoms with Crippen molar-refractivity contribution in [1.82, 2.24) is 16.0 Å². The van der Waals surface area contributed by atoms with Crippen LogP contribution in [0.5, 0.6) is 0 Å². The number of hydrogen-bond donors (Lipinski definition) is 3. The Balaban J connectivity index is 1.97. The van der Waals surface area contributed by atoms with Crippen molar-refractivity contribution in [3.05, 3.63) is 12.8 Å². The van der Waals surface area contributed by atoms with Gasteiger partial charge in [-0.15, -0.1) is 0 Å². The van der Waals surface area contributed by atoms with E-state index >= 15 is 0 Å². The molecule has 2 amide bonds. The molecule has 7 heteroatoms. The fourth-order valence-electron chi connectivity index (χ4n) is 3.05. The highest BCUT2D eigenvalue weighted by Gasteiger charge is 2.34. The summed E-state index contributed by atoms with van der Waals surface area (Å²) in [5.41, 5.74) is 0. The molecule has 1 heterocycles. The third-order valence-corrected chi connectivity index (χ3v) is 4.62. The molecule has 3 atom stereocenters. The summed E-state index contributed by atoms with van der Waals surface area (Å²) in [4.78, 5) is 36.5. The smallest absolute Gasteiger partial charge is 0.328 e. The Morgan fingerprint density at radius 1 is 1.33 bits per heavy atom. The van der Waals surface area contributed by atoms with Gasteiger partial charge in [0.15, 0.2) is 0 Å². The maximum absolute atomic E-state index is 12.5. The fourth-order valence-corrected chi connectivity index (χ4v) is 3.05. The summed E-state index contributed by atoms with van der Waals surface area (Å²) in [5, 5.41) is 8.49. The highest BCUT2D eigenvalue weighted by atomic mass is 16.5. The van der Waals surface area contributed by atoms with Crippen LogP contribution in [0.25, 0.3) is 0 Å². The average molecular weight is 337 g/mol. The lowest BCUT2D eigenvalue weighted by Crippen LogP contribution is -2.51. The second-order valence-corrected chi connectivity index (χ2v) is 6.55. The Kier molecular flexibility index (Phi) is 6.63. The van der Waals surface area contributed by atoms with Crippen LogP contribution in [0.2, 0.25) is 0 Å². The third kappa shape index (κ3) is 5.25. The summed E-state index contributed by atoms with van der Waals surface area (Å²) >= 11 is 0. The molecular weight excluding hydrogens is 310 g/mol. The number of piperidine rings is 1. The molecule has 134 valence electrons. The van der Waals surface area contributed by atoms with Crippen LogP contribution in [-0.4, -0.2) is 43.5 Å². The summed E-state index contributed by atoms with van der Waals surface area (Å²) in [6.45, 7) is 4.27. The summed E-state index contributed by atoms with van der Waals surface area (Å²) in [6, 6.07) is -1.23. The van der Waals surface area contributed by atoms with Crippen LogP contribution in [-0.2, 0) is 19.1 Å². The number of amides is 2. The number of carbonyl (C=O) groups excluding carboxylic acids is 3. The highest BCUT2D eigenvalue weighted by Crippen LogP contribution is 2.33. The minimum Gasteiger partial charge on any atom is -0.467 e. The van der Waals surface area contributed by atoms with E-state index in [-0.39, 0.29) is 24.2 Å². The van der Waals surface area contributed by atoms with Crippen molar-refractivity contribution >= 4 is 17.8 Å². The molecule has 3 N–H and O–H groups in total. The number of nitrogens with one attached hydrogen (secondary N) is 3. The van der Waals surface area contributed by atoms with E-state index in [1.807, 2.05) is 0 Å². The number of ether oxygens (including phenoxy) is 1. The first kappa shape index (κ1) is 18.3. The Morgan fingerprint density at radius 3 is 2.67 bits per heavy atom. The predicted molar refractivity (Wildman–Crippen MR) is 88.8 cm³/mol. The zero-order chi connectivity index (χ0) is 17.5. The number of hydrogen-bond acceptors (Lipinski definition) is 5. The Bertz CT molecular complexity index is 490. The molecule has 1 saturated carbocycles. The van der Waals surface area contributed by atoms with Gasteiger partial charge in [0.05, 0.1) is 7.11 Å². The van der Waals surface area contributed by atoms with E-state index in [4.69, 9.17) is 4.74 Å². The topological polar surface area (TPSA) is 96.5 Å². The van der Waals surface area contributed by atoms with Gasteiger partial charge in [-0.05, 0) is 37.8 Å². The van der Waals surface area contributed by atoms with Crippen LogP contribution in [0.4, 0.5) is 0 Å². The lowest BCUT2D eigenvalue weighted by atomic mass is 9.91. The van der Waals surface area contributed by atoms with Crippen molar-refractivity contribution in [3.8, 4) is 0 Å². The lowest BCUT2D eigenvalue weighted by molar-refractivity contribution is -0.146. The van der Waals surface area contributed by atoms with Gasteiger partial charge in [0.1, 0.15) is 12.1 Å². The van der Waals surface area contributed by atoms with E-state index in [1.165, 1.54) is 13.3 Å². The van der Waals surface area contributed by atoms with Gasteiger partial charge in [0.25, 0.3) is 0 Å². The first-order valence-electron chi connectivity index (χ1n) is 8.58.